The van der Waals surface area contributed by atoms with Crippen molar-refractivity contribution in [2.75, 3.05) is 21.3 Å². The lowest BCUT2D eigenvalue weighted by molar-refractivity contribution is -0.384. The molecular weight excluding hydrogens is 342 g/mol. The van der Waals surface area contributed by atoms with Crippen LogP contribution in [0.15, 0.2) is 41.5 Å². The lowest BCUT2D eigenvalue weighted by Crippen LogP contribution is -2.17. The Balaban J connectivity index is 2.17. The third-order valence-electron chi connectivity index (χ3n) is 3.45. The zero-order valence-electron chi connectivity index (χ0n) is 14.4. The normalized spacial score (nSPS) is 10.4. The standard InChI is InChI=1S/C17H17N3O6/c1-24-13-8-15(25-2)14(16(9-13)26-3)10-18-19-17(21)11-4-6-12(7-5-11)20(22)23/h4-10H,1-3H3,(H,19,21). The van der Waals surface area contributed by atoms with E-state index in [2.05, 4.69) is 10.5 Å². The molecule has 0 fully saturated rings. The molecule has 0 aliphatic carbocycles. The highest BCUT2D eigenvalue weighted by Gasteiger charge is 2.12. The van der Waals surface area contributed by atoms with Gasteiger partial charge in [-0.2, -0.15) is 5.10 Å². The van der Waals surface area contributed by atoms with Crippen LogP contribution < -0.4 is 19.6 Å². The van der Waals surface area contributed by atoms with Gasteiger partial charge in [0.25, 0.3) is 11.6 Å². The highest BCUT2D eigenvalue weighted by Crippen LogP contribution is 2.32. The van der Waals surface area contributed by atoms with E-state index in [1.54, 1.807) is 12.1 Å². The number of benzene rings is 2. The van der Waals surface area contributed by atoms with Gasteiger partial charge in [-0.05, 0) is 12.1 Å². The van der Waals surface area contributed by atoms with Gasteiger partial charge >= 0.3 is 0 Å². The van der Waals surface area contributed by atoms with Gasteiger partial charge in [-0.1, -0.05) is 0 Å². The first kappa shape index (κ1) is 18.7. The van der Waals surface area contributed by atoms with Crippen LogP contribution in [0.4, 0.5) is 5.69 Å². The number of methoxy groups -OCH3 is 3. The number of nitro groups is 1. The lowest BCUT2D eigenvalue weighted by atomic mass is 10.2. The fourth-order valence-corrected chi connectivity index (χ4v) is 2.11. The highest BCUT2D eigenvalue weighted by molar-refractivity contribution is 5.95. The predicted octanol–water partition coefficient (Wildman–Crippen LogP) is 2.38. The van der Waals surface area contributed by atoms with Crippen molar-refractivity contribution in [3.8, 4) is 17.2 Å². The molecule has 0 saturated heterocycles. The van der Waals surface area contributed by atoms with Gasteiger partial charge in [0.2, 0.25) is 0 Å². The number of hydrogen-bond donors (Lipinski definition) is 1. The van der Waals surface area contributed by atoms with Crippen molar-refractivity contribution >= 4 is 17.8 Å². The molecule has 9 heteroatoms. The molecule has 26 heavy (non-hydrogen) atoms. The van der Waals surface area contributed by atoms with Crippen molar-refractivity contribution in [2.24, 2.45) is 5.10 Å². The number of rotatable bonds is 7. The van der Waals surface area contributed by atoms with Crippen molar-refractivity contribution in [1.29, 1.82) is 0 Å². The molecule has 2 rings (SSSR count). The summed E-state index contributed by atoms with van der Waals surface area (Å²) in [6, 6.07) is 8.49. The van der Waals surface area contributed by atoms with Gasteiger partial charge in [-0.25, -0.2) is 5.43 Å². The summed E-state index contributed by atoms with van der Waals surface area (Å²) in [5.74, 6) is 0.942. The second kappa shape index (κ2) is 8.47. The average Bonchev–Trinajstić information content (AvgIpc) is 2.67. The van der Waals surface area contributed by atoms with Crippen molar-refractivity contribution in [1.82, 2.24) is 5.43 Å². The summed E-state index contributed by atoms with van der Waals surface area (Å²) in [7, 11) is 4.49. The number of nitrogens with one attached hydrogen (secondary N) is 1. The molecule has 1 amide bonds. The molecule has 0 heterocycles. The Morgan fingerprint density at radius 1 is 1.08 bits per heavy atom. The number of hydrazone groups is 1. The predicted molar refractivity (Wildman–Crippen MR) is 94.3 cm³/mol. The maximum absolute atomic E-state index is 12.0. The molecule has 9 nitrogen and oxygen atoms in total. The largest absolute Gasteiger partial charge is 0.496 e. The Bertz CT molecular complexity index is 808. The van der Waals surface area contributed by atoms with E-state index in [-0.39, 0.29) is 11.3 Å². The van der Waals surface area contributed by atoms with E-state index in [1.807, 2.05) is 0 Å². The summed E-state index contributed by atoms with van der Waals surface area (Å²) < 4.78 is 15.7. The number of hydrogen-bond acceptors (Lipinski definition) is 7. The molecule has 0 aromatic heterocycles. The van der Waals surface area contributed by atoms with Crippen molar-refractivity contribution in [3.05, 3.63) is 57.6 Å². The Hall–Kier alpha value is -3.62. The number of ether oxygens (including phenoxy) is 3. The van der Waals surface area contributed by atoms with Gasteiger partial charge < -0.3 is 14.2 Å². The first-order valence-electron chi connectivity index (χ1n) is 7.38. The summed E-state index contributed by atoms with van der Waals surface area (Å²) in [6.45, 7) is 0. The van der Waals surface area contributed by atoms with Crippen LogP contribution in [0, 0.1) is 10.1 Å². The molecular formula is C17H17N3O6. The van der Waals surface area contributed by atoms with Gasteiger partial charge in [-0.15, -0.1) is 0 Å². The fourth-order valence-electron chi connectivity index (χ4n) is 2.11. The Labute approximate surface area is 149 Å². The van der Waals surface area contributed by atoms with Crippen LogP contribution in [0.25, 0.3) is 0 Å². The van der Waals surface area contributed by atoms with Gasteiger partial charge in [0.15, 0.2) is 0 Å². The molecule has 1 N–H and O–H groups in total. The molecule has 2 aromatic carbocycles. The molecule has 0 unspecified atom stereocenters. The zero-order valence-corrected chi connectivity index (χ0v) is 14.4. The minimum absolute atomic E-state index is 0.0993. The molecule has 0 atom stereocenters. The Morgan fingerprint density at radius 2 is 1.65 bits per heavy atom. The molecule has 2 aromatic rings. The second-order valence-corrected chi connectivity index (χ2v) is 4.95. The lowest BCUT2D eigenvalue weighted by Gasteiger charge is -2.12. The Morgan fingerprint density at radius 3 is 2.12 bits per heavy atom. The summed E-state index contributed by atoms with van der Waals surface area (Å²) in [5, 5.41) is 14.5. The highest BCUT2D eigenvalue weighted by atomic mass is 16.6. The first-order chi connectivity index (χ1) is 12.5. The third kappa shape index (κ3) is 4.26. The van der Waals surface area contributed by atoms with Crippen LogP contribution in [0.3, 0.4) is 0 Å². The van der Waals surface area contributed by atoms with Gasteiger partial charge in [0.05, 0.1) is 38.0 Å². The smallest absolute Gasteiger partial charge is 0.271 e. The number of non-ortho nitro benzene ring substituents is 1. The van der Waals surface area contributed by atoms with Crippen LogP contribution in [0.5, 0.6) is 17.2 Å². The fraction of sp³-hybridized carbons (Fsp3) is 0.176. The molecule has 0 saturated carbocycles. The maximum atomic E-state index is 12.0. The van der Waals surface area contributed by atoms with E-state index in [0.717, 1.165) is 0 Å². The van der Waals surface area contributed by atoms with Crippen LogP contribution in [-0.2, 0) is 0 Å². The monoisotopic (exact) mass is 359 g/mol. The SMILES string of the molecule is COc1cc(OC)c(C=NNC(=O)c2ccc([N+](=O)[O-])cc2)c(OC)c1. The van der Waals surface area contributed by atoms with Crippen molar-refractivity contribution < 1.29 is 23.9 Å². The number of amides is 1. The zero-order chi connectivity index (χ0) is 19.1. The summed E-state index contributed by atoms with van der Waals surface area (Å²) in [5.41, 5.74) is 3.00. The number of carbonyl (C=O) groups is 1. The third-order valence-corrected chi connectivity index (χ3v) is 3.45. The minimum atomic E-state index is -0.540. The van der Waals surface area contributed by atoms with E-state index in [1.165, 1.54) is 51.8 Å². The van der Waals surface area contributed by atoms with Crippen LogP contribution in [-0.4, -0.2) is 38.4 Å². The van der Waals surface area contributed by atoms with Gasteiger partial charge in [0, 0.05) is 29.8 Å². The molecule has 136 valence electrons. The van der Waals surface area contributed by atoms with Crippen LogP contribution in [0.2, 0.25) is 0 Å². The maximum Gasteiger partial charge on any atom is 0.271 e. The van der Waals surface area contributed by atoms with E-state index in [0.29, 0.717) is 22.8 Å². The van der Waals surface area contributed by atoms with E-state index in [9.17, 15) is 14.9 Å². The quantitative estimate of drug-likeness (QED) is 0.461. The van der Waals surface area contributed by atoms with E-state index < -0.39 is 10.8 Å². The number of carbonyl (C=O) groups excluding carboxylic acids is 1. The van der Waals surface area contributed by atoms with Crippen LogP contribution >= 0.6 is 0 Å². The van der Waals surface area contributed by atoms with E-state index in [4.69, 9.17) is 14.2 Å². The number of nitro benzene ring substituents is 1. The van der Waals surface area contributed by atoms with Crippen molar-refractivity contribution in [2.45, 2.75) is 0 Å². The summed E-state index contributed by atoms with van der Waals surface area (Å²) >= 11 is 0. The van der Waals surface area contributed by atoms with Crippen LogP contribution in [0.1, 0.15) is 15.9 Å². The number of nitrogens with zero attached hydrogens (tertiary/aromatic N) is 2. The second-order valence-electron chi connectivity index (χ2n) is 4.95. The van der Waals surface area contributed by atoms with Crippen molar-refractivity contribution in [3.63, 3.8) is 0 Å². The Kier molecular flexibility index (Phi) is 6.10. The van der Waals surface area contributed by atoms with Gasteiger partial charge in [0.1, 0.15) is 17.2 Å². The molecule has 0 aliphatic heterocycles. The molecule has 0 spiro atoms. The first-order valence-corrected chi connectivity index (χ1v) is 7.38. The molecule has 0 radical (unpaired) electrons. The minimum Gasteiger partial charge on any atom is -0.496 e. The summed E-state index contributed by atoms with van der Waals surface area (Å²) in [4.78, 5) is 22.1. The van der Waals surface area contributed by atoms with Gasteiger partial charge in [-0.3, -0.25) is 14.9 Å². The molecule has 0 bridgehead atoms. The molecule has 0 aliphatic rings. The van der Waals surface area contributed by atoms with E-state index >= 15 is 0 Å². The summed E-state index contributed by atoms with van der Waals surface area (Å²) in [6.07, 6.45) is 1.38. The average molecular weight is 359 g/mol. The topological polar surface area (TPSA) is 112 Å².